The molecule has 4 heteroatoms. The van der Waals surface area contributed by atoms with Crippen molar-refractivity contribution in [2.75, 3.05) is 13.6 Å². The number of hydrogen-bond donors (Lipinski definition) is 0. The van der Waals surface area contributed by atoms with Gasteiger partial charge < -0.3 is 4.90 Å². The van der Waals surface area contributed by atoms with Crippen molar-refractivity contribution in [3.8, 4) is 0 Å². The van der Waals surface area contributed by atoms with E-state index in [-0.39, 0.29) is 0 Å². The molecule has 0 aliphatic heterocycles. The van der Waals surface area contributed by atoms with Crippen LogP contribution < -0.4 is 0 Å². The van der Waals surface area contributed by atoms with Gasteiger partial charge in [-0.1, -0.05) is 6.92 Å². The maximum absolute atomic E-state index is 4.29. The fourth-order valence-corrected chi connectivity index (χ4v) is 1.78. The lowest BCUT2D eigenvalue weighted by Crippen LogP contribution is -2.16. The molecule has 0 radical (unpaired) electrons. The average Bonchev–Trinajstić information content (AvgIpc) is 2.35. The molecule has 0 saturated carbocycles. The second-order valence-electron chi connectivity index (χ2n) is 2.42. The van der Waals surface area contributed by atoms with Gasteiger partial charge in [0.25, 0.3) is 0 Å². The zero-order chi connectivity index (χ0) is 8.27. The van der Waals surface area contributed by atoms with Crippen molar-refractivity contribution in [2.24, 2.45) is 0 Å². The average molecular weight is 235 g/mol. The van der Waals surface area contributed by atoms with E-state index >= 15 is 0 Å². The summed E-state index contributed by atoms with van der Waals surface area (Å²) in [6, 6.07) is 0. The Morgan fingerprint density at radius 3 is 2.91 bits per heavy atom. The van der Waals surface area contributed by atoms with Crippen molar-refractivity contribution in [2.45, 2.75) is 13.5 Å². The summed E-state index contributed by atoms with van der Waals surface area (Å²) in [5.41, 5.74) is 1.14. The molecule has 1 aromatic rings. The summed E-state index contributed by atoms with van der Waals surface area (Å²) in [4.78, 5) is 6.52. The van der Waals surface area contributed by atoms with Gasteiger partial charge in [-0.15, -0.1) is 11.3 Å². The van der Waals surface area contributed by atoms with Gasteiger partial charge in [-0.05, 0) is 29.5 Å². The fraction of sp³-hybridized carbons (Fsp3) is 0.571. The van der Waals surface area contributed by atoms with Crippen LogP contribution in [0.25, 0.3) is 0 Å². The summed E-state index contributed by atoms with van der Waals surface area (Å²) in [5.74, 6) is 0. The van der Waals surface area contributed by atoms with Crippen molar-refractivity contribution in [3.63, 3.8) is 0 Å². The minimum atomic E-state index is 0.943. The maximum atomic E-state index is 4.29. The standard InChI is InChI=1S/C7H11BrN2S/c1-3-10(2)4-6-5-11-7(8)9-6/h5H,3-4H2,1-2H3. The van der Waals surface area contributed by atoms with Crippen LogP contribution in [0, 0.1) is 0 Å². The summed E-state index contributed by atoms with van der Waals surface area (Å²) >= 11 is 4.97. The highest BCUT2D eigenvalue weighted by atomic mass is 79.9. The monoisotopic (exact) mass is 234 g/mol. The Bertz CT molecular complexity index is 224. The van der Waals surface area contributed by atoms with E-state index in [9.17, 15) is 0 Å². The van der Waals surface area contributed by atoms with E-state index in [0.717, 1.165) is 22.7 Å². The van der Waals surface area contributed by atoms with Gasteiger partial charge in [-0.2, -0.15) is 0 Å². The second-order valence-corrected chi connectivity index (χ2v) is 4.56. The number of hydrogen-bond acceptors (Lipinski definition) is 3. The fourth-order valence-electron chi connectivity index (χ4n) is 0.743. The van der Waals surface area contributed by atoms with Crippen molar-refractivity contribution in [1.82, 2.24) is 9.88 Å². The normalized spacial score (nSPS) is 10.9. The van der Waals surface area contributed by atoms with Crippen LogP contribution in [-0.2, 0) is 6.54 Å². The number of rotatable bonds is 3. The van der Waals surface area contributed by atoms with Crippen LogP contribution >= 0.6 is 27.3 Å². The van der Waals surface area contributed by atoms with Gasteiger partial charge in [0.15, 0.2) is 3.92 Å². The molecular weight excluding hydrogens is 224 g/mol. The Hall–Kier alpha value is 0.0700. The molecule has 1 heterocycles. The predicted molar refractivity (Wildman–Crippen MR) is 51.8 cm³/mol. The zero-order valence-corrected chi connectivity index (χ0v) is 9.07. The third-order valence-electron chi connectivity index (χ3n) is 1.50. The van der Waals surface area contributed by atoms with Crippen LogP contribution in [0.4, 0.5) is 0 Å². The van der Waals surface area contributed by atoms with Gasteiger partial charge in [0.1, 0.15) is 0 Å². The molecule has 0 N–H and O–H groups in total. The first-order valence-corrected chi connectivity index (χ1v) is 5.18. The third-order valence-corrected chi connectivity index (χ3v) is 2.91. The van der Waals surface area contributed by atoms with Crippen molar-refractivity contribution < 1.29 is 0 Å². The number of aromatic nitrogens is 1. The molecule has 0 aliphatic carbocycles. The lowest BCUT2D eigenvalue weighted by molar-refractivity contribution is 0.342. The minimum Gasteiger partial charge on any atom is -0.301 e. The summed E-state index contributed by atoms with van der Waals surface area (Å²) in [5, 5.41) is 2.08. The van der Waals surface area contributed by atoms with E-state index in [1.165, 1.54) is 0 Å². The van der Waals surface area contributed by atoms with E-state index in [2.05, 4.69) is 45.2 Å². The first-order chi connectivity index (χ1) is 5.22. The first kappa shape index (κ1) is 9.16. The smallest absolute Gasteiger partial charge is 0.159 e. The lowest BCUT2D eigenvalue weighted by Gasteiger charge is -2.10. The summed E-state index contributed by atoms with van der Waals surface area (Å²) < 4.78 is 0.969. The largest absolute Gasteiger partial charge is 0.301 e. The highest BCUT2D eigenvalue weighted by molar-refractivity contribution is 9.11. The van der Waals surface area contributed by atoms with Crippen LogP contribution in [0.15, 0.2) is 9.30 Å². The number of halogens is 1. The topological polar surface area (TPSA) is 16.1 Å². The Balaban J connectivity index is 2.50. The molecule has 0 atom stereocenters. The van der Waals surface area contributed by atoms with E-state index in [1.54, 1.807) is 11.3 Å². The molecule has 62 valence electrons. The molecule has 0 unspecified atom stereocenters. The molecule has 11 heavy (non-hydrogen) atoms. The Kier molecular flexibility index (Phi) is 3.48. The quantitative estimate of drug-likeness (QED) is 0.799. The van der Waals surface area contributed by atoms with Gasteiger partial charge in [-0.3, -0.25) is 0 Å². The van der Waals surface area contributed by atoms with E-state index < -0.39 is 0 Å². The van der Waals surface area contributed by atoms with Gasteiger partial charge in [0.2, 0.25) is 0 Å². The second kappa shape index (κ2) is 4.18. The number of nitrogens with zero attached hydrogens (tertiary/aromatic N) is 2. The van der Waals surface area contributed by atoms with Crippen molar-refractivity contribution >= 4 is 27.3 Å². The maximum Gasteiger partial charge on any atom is 0.159 e. The van der Waals surface area contributed by atoms with Crippen LogP contribution in [0.1, 0.15) is 12.6 Å². The molecule has 2 nitrogen and oxygen atoms in total. The van der Waals surface area contributed by atoms with Crippen LogP contribution in [0.2, 0.25) is 0 Å². The molecule has 0 saturated heterocycles. The van der Waals surface area contributed by atoms with Crippen molar-refractivity contribution in [1.29, 1.82) is 0 Å². The molecule has 1 rings (SSSR count). The van der Waals surface area contributed by atoms with Gasteiger partial charge >= 0.3 is 0 Å². The SMILES string of the molecule is CCN(C)Cc1csc(Br)n1. The van der Waals surface area contributed by atoms with Gasteiger partial charge in [0, 0.05) is 11.9 Å². The Labute approximate surface area is 79.4 Å². The summed E-state index contributed by atoms with van der Waals surface area (Å²) in [6.07, 6.45) is 0. The van der Waals surface area contributed by atoms with Crippen LogP contribution in [0.5, 0.6) is 0 Å². The molecule has 0 aliphatic rings. The first-order valence-electron chi connectivity index (χ1n) is 3.51. The summed E-state index contributed by atoms with van der Waals surface area (Å²) in [6.45, 7) is 4.15. The minimum absolute atomic E-state index is 0.943. The third kappa shape index (κ3) is 2.89. The van der Waals surface area contributed by atoms with E-state index in [4.69, 9.17) is 0 Å². The molecule has 1 aromatic heterocycles. The molecule has 0 amide bonds. The molecule has 0 spiro atoms. The molecule has 0 fully saturated rings. The zero-order valence-electron chi connectivity index (χ0n) is 6.67. The van der Waals surface area contributed by atoms with E-state index in [0.29, 0.717) is 0 Å². The Morgan fingerprint density at radius 1 is 1.73 bits per heavy atom. The van der Waals surface area contributed by atoms with Crippen LogP contribution in [0.3, 0.4) is 0 Å². The molecule has 0 bridgehead atoms. The molecule has 0 aromatic carbocycles. The van der Waals surface area contributed by atoms with Crippen LogP contribution in [-0.4, -0.2) is 23.5 Å². The van der Waals surface area contributed by atoms with Gasteiger partial charge in [-0.25, -0.2) is 4.98 Å². The van der Waals surface area contributed by atoms with E-state index in [1.807, 2.05) is 0 Å². The Morgan fingerprint density at radius 2 is 2.45 bits per heavy atom. The number of thiazole rings is 1. The predicted octanol–water partition coefficient (Wildman–Crippen LogP) is 2.36. The van der Waals surface area contributed by atoms with Crippen molar-refractivity contribution in [3.05, 3.63) is 15.0 Å². The van der Waals surface area contributed by atoms with Gasteiger partial charge in [0.05, 0.1) is 5.69 Å². The summed E-state index contributed by atoms with van der Waals surface area (Å²) in [7, 11) is 2.09. The highest BCUT2D eigenvalue weighted by Gasteiger charge is 2.00. The molecular formula is C7H11BrN2S. The highest BCUT2D eigenvalue weighted by Crippen LogP contribution is 2.16. The lowest BCUT2D eigenvalue weighted by atomic mass is 10.4.